The lowest BCUT2D eigenvalue weighted by atomic mass is 9.98. The summed E-state index contributed by atoms with van der Waals surface area (Å²) < 4.78 is 6.67. The van der Waals surface area contributed by atoms with Gasteiger partial charge in [0, 0.05) is 31.7 Å². The fourth-order valence-electron chi connectivity index (χ4n) is 2.88. The number of urea groups is 1. The van der Waals surface area contributed by atoms with Gasteiger partial charge in [-0.3, -0.25) is 4.79 Å². The van der Waals surface area contributed by atoms with Crippen LogP contribution in [0.25, 0.3) is 5.82 Å². The maximum Gasteiger partial charge on any atom is 0.321 e. The van der Waals surface area contributed by atoms with E-state index in [0.29, 0.717) is 31.2 Å². The first-order chi connectivity index (χ1) is 12.2. The van der Waals surface area contributed by atoms with E-state index in [-0.39, 0.29) is 17.9 Å². The van der Waals surface area contributed by atoms with Crippen molar-refractivity contribution in [2.45, 2.75) is 19.8 Å². The molecule has 0 radical (unpaired) electrons. The number of ether oxygens (including phenoxy) is 1. The van der Waals surface area contributed by atoms with Gasteiger partial charge in [0.15, 0.2) is 5.82 Å². The molecule has 3 rings (SSSR count). The van der Waals surface area contributed by atoms with Crippen molar-refractivity contribution < 1.29 is 14.3 Å². The largest absolute Gasteiger partial charge is 0.466 e. The van der Waals surface area contributed by atoms with Crippen LogP contribution in [-0.2, 0) is 9.53 Å². The van der Waals surface area contributed by atoms with E-state index in [1.54, 1.807) is 53.3 Å². The average molecular weight is 343 g/mol. The molecule has 8 heteroatoms. The molecule has 2 amide bonds. The van der Waals surface area contributed by atoms with Gasteiger partial charge in [0.1, 0.15) is 0 Å². The predicted molar refractivity (Wildman–Crippen MR) is 91.3 cm³/mol. The minimum atomic E-state index is -0.265. The lowest BCUT2D eigenvalue weighted by Gasteiger charge is -2.31. The van der Waals surface area contributed by atoms with E-state index in [9.17, 15) is 9.59 Å². The van der Waals surface area contributed by atoms with Gasteiger partial charge in [0.2, 0.25) is 0 Å². The molecular weight excluding hydrogens is 322 g/mol. The Balaban J connectivity index is 1.69. The van der Waals surface area contributed by atoms with Gasteiger partial charge in [0.05, 0.1) is 18.2 Å². The van der Waals surface area contributed by atoms with Crippen LogP contribution in [0.4, 0.5) is 10.5 Å². The van der Waals surface area contributed by atoms with Crippen molar-refractivity contribution in [1.82, 2.24) is 19.7 Å². The SMILES string of the molecule is CCOC(=O)C1CCCN(C(=O)Nc2cccnc2-n2cccn2)C1. The third-order valence-electron chi connectivity index (χ3n) is 4.08. The highest BCUT2D eigenvalue weighted by Crippen LogP contribution is 2.21. The molecule has 1 atom stereocenters. The van der Waals surface area contributed by atoms with Crippen LogP contribution in [0.3, 0.4) is 0 Å². The van der Waals surface area contributed by atoms with E-state index in [4.69, 9.17) is 4.74 Å². The maximum atomic E-state index is 12.6. The zero-order chi connectivity index (χ0) is 17.6. The zero-order valence-corrected chi connectivity index (χ0v) is 14.1. The Bertz CT molecular complexity index is 732. The number of nitrogens with one attached hydrogen (secondary N) is 1. The normalized spacial score (nSPS) is 17.2. The van der Waals surface area contributed by atoms with E-state index in [1.807, 2.05) is 0 Å². The lowest BCUT2D eigenvalue weighted by Crippen LogP contribution is -2.44. The standard InChI is InChI=1S/C17H21N5O3/c1-2-25-16(23)13-6-4-10-21(12-13)17(24)20-14-7-3-8-18-15(14)22-11-5-9-19-22/h3,5,7-9,11,13H,2,4,6,10,12H2,1H3,(H,20,24). The molecule has 1 fully saturated rings. The van der Waals surface area contributed by atoms with Gasteiger partial charge in [-0.1, -0.05) is 0 Å². The fraction of sp³-hybridized carbons (Fsp3) is 0.412. The van der Waals surface area contributed by atoms with Gasteiger partial charge in [-0.05, 0) is 38.0 Å². The van der Waals surface area contributed by atoms with Crippen molar-refractivity contribution in [3.05, 3.63) is 36.8 Å². The van der Waals surface area contributed by atoms with Crippen molar-refractivity contribution in [3.8, 4) is 5.82 Å². The van der Waals surface area contributed by atoms with E-state index in [2.05, 4.69) is 15.4 Å². The summed E-state index contributed by atoms with van der Waals surface area (Å²) in [6.45, 7) is 3.11. The third-order valence-corrected chi connectivity index (χ3v) is 4.08. The van der Waals surface area contributed by atoms with Crippen LogP contribution in [0.5, 0.6) is 0 Å². The van der Waals surface area contributed by atoms with Crippen LogP contribution in [0.15, 0.2) is 36.8 Å². The van der Waals surface area contributed by atoms with Crippen molar-refractivity contribution in [2.75, 3.05) is 25.0 Å². The number of anilines is 1. The topological polar surface area (TPSA) is 89.4 Å². The lowest BCUT2D eigenvalue weighted by molar-refractivity contribution is -0.149. The number of nitrogens with zero attached hydrogens (tertiary/aromatic N) is 4. The second kappa shape index (κ2) is 7.78. The van der Waals surface area contributed by atoms with Crippen LogP contribution in [-0.4, -0.2) is 51.4 Å². The molecule has 0 spiro atoms. The molecule has 1 aliphatic heterocycles. The monoisotopic (exact) mass is 343 g/mol. The number of hydrogen-bond donors (Lipinski definition) is 1. The smallest absolute Gasteiger partial charge is 0.321 e. The third kappa shape index (κ3) is 3.96. The first-order valence-electron chi connectivity index (χ1n) is 8.36. The van der Waals surface area contributed by atoms with Crippen LogP contribution in [0, 0.1) is 5.92 Å². The number of aromatic nitrogens is 3. The number of piperidine rings is 1. The maximum absolute atomic E-state index is 12.6. The molecule has 0 aromatic carbocycles. The van der Waals surface area contributed by atoms with Crippen LogP contribution < -0.4 is 5.32 Å². The number of rotatable bonds is 4. The molecule has 0 aliphatic carbocycles. The Hall–Kier alpha value is -2.90. The van der Waals surface area contributed by atoms with Crippen molar-refractivity contribution in [3.63, 3.8) is 0 Å². The summed E-state index contributed by atoms with van der Waals surface area (Å²) >= 11 is 0. The van der Waals surface area contributed by atoms with E-state index in [0.717, 1.165) is 12.8 Å². The van der Waals surface area contributed by atoms with E-state index in [1.165, 1.54) is 0 Å². The summed E-state index contributed by atoms with van der Waals surface area (Å²) in [4.78, 5) is 30.5. The molecular formula is C17H21N5O3. The fourth-order valence-corrected chi connectivity index (χ4v) is 2.88. The Kier molecular flexibility index (Phi) is 5.27. The summed E-state index contributed by atoms with van der Waals surface area (Å²) in [6.07, 6.45) is 6.57. The Morgan fingerprint density at radius 2 is 2.24 bits per heavy atom. The van der Waals surface area contributed by atoms with Gasteiger partial charge in [0.25, 0.3) is 0 Å². The van der Waals surface area contributed by atoms with Crippen LogP contribution in [0.1, 0.15) is 19.8 Å². The molecule has 8 nitrogen and oxygen atoms in total. The minimum Gasteiger partial charge on any atom is -0.466 e. The predicted octanol–water partition coefficient (Wildman–Crippen LogP) is 2.07. The average Bonchev–Trinajstić information content (AvgIpc) is 3.17. The van der Waals surface area contributed by atoms with E-state index >= 15 is 0 Å². The number of esters is 1. The minimum absolute atomic E-state index is 0.237. The number of carbonyl (C=O) groups excluding carboxylic acids is 2. The molecule has 0 saturated carbocycles. The summed E-state index contributed by atoms with van der Waals surface area (Å²) in [6, 6.07) is 5.06. The molecule has 2 aromatic rings. The molecule has 3 heterocycles. The van der Waals surface area contributed by atoms with Crippen molar-refractivity contribution in [2.24, 2.45) is 5.92 Å². The number of amides is 2. The number of pyridine rings is 1. The van der Waals surface area contributed by atoms with Crippen LogP contribution >= 0.6 is 0 Å². The quantitative estimate of drug-likeness (QED) is 0.859. The molecule has 2 aromatic heterocycles. The summed E-state index contributed by atoms with van der Waals surface area (Å²) in [7, 11) is 0. The highest BCUT2D eigenvalue weighted by Gasteiger charge is 2.29. The first kappa shape index (κ1) is 16.9. The number of likely N-dealkylation sites (tertiary alicyclic amines) is 1. The van der Waals surface area contributed by atoms with Gasteiger partial charge >= 0.3 is 12.0 Å². The second-order valence-corrected chi connectivity index (χ2v) is 5.79. The highest BCUT2D eigenvalue weighted by atomic mass is 16.5. The molecule has 1 aliphatic rings. The Morgan fingerprint density at radius 1 is 1.36 bits per heavy atom. The number of carbonyl (C=O) groups is 2. The molecule has 0 bridgehead atoms. The number of hydrogen-bond acceptors (Lipinski definition) is 5. The summed E-state index contributed by atoms with van der Waals surface area (Å²) in [5.74, 6) is 0.0392. The summed E-state index contributed by atoms with van der Waals surface area (Å²) in [5.41, 5.74) is 0.564. The van der Waals surface area contributed by atoms with Crippen LogP contribution in [0.2, 0.25) is 0 Å². The van der Waals surface area contributed by atoms with Gasteiger partial charge in [-0.15, -0.1) is 0 Å². The Morgan fingerprint density at radius 3 is 3.00 bits per heavy atom. The van der Waals surface area contributed by atoms with Gasteiger partial charge in [-0.25, -0.2) is 14.5 Å². The van der Waals surface area contributed by atoms with Crippen molar-refractivity contribution in [1.29, 1.82) is 0 Å². The molecule has 1 N–H and O–H groups in total. The first-order valence-corrected chi connectivity index (χ1v) is 8.36. The summed E-state index contributed by atoms with van der Waals surface area (Å²) in [5, 5.41) is 7.02. The molecule has 25 heavy (non-hydrogen) atoms. The van der Waals surface area contributed by atoms with Gasteiger partial charge in [-0.2, -0.15) is 5.10 Å². The zero-order valence-electron chi connectivity index (χ0n) is 14.1. The van der Waals surface area contributed by atoms with Crippen molar-refractivity contribution >= 4 is 17.7 Å². The Labute approximate surface area is 145 Å². The highest BCUT2D eigenvalue weighted by molar-refractivity contribution is 5.91. The molecule has 1 saturated heterocycles. The second-order valence-electron chi connectivity index (χ2n) is 5.79. The molecule has 1 unspecified atom stereocenters. The molecule has 132 valence electrons. The van der Waals surface area contributed by atoms with Gasteiger partial charge < -0.3 is 15.0 Å². The van der Waals surface area contributed by atoms with E-state index < -0.39 is 0 Å².